The van der Waals surface area contributed by atoms with Crippen molar-refractivity contribution in [2.75, 3.05) is 47.4 Å². The zero-order chi connectivity index (χ0) is 24.3. The number of aromatic amines is 1. The third-order valence-corrected chi connectivity index (χ3v) is 6.10. The Kier molecular flexibility index (Phi) is 6.78. The maximum atomic E-state index is 13.1. The van der Waals surface area contributed by atoms with Crippen molar-refractivity contribution in [2.45, 2.75) is 19.9 Å². The van der Waals surface area contributed by atoms with Gasteiger partial charge in [-0.1, -0.05) is 12.1 Å². The van der Waals surface area contributed by atoms with Crippen LogP contribution in [-0.2, 0) is 10.0 Å². The Hall–Kier alpha value is -3.53. The van der Waals surface area contributed by atoms with Gasteiger partial charge in [0, 0.05) is 55.4 Å². The summed E-state index contributed by atoms with van der Waals surface area (Å²) >= 11 is 0. The quantitative estimate of drug-likeness (QED) is 0.477. The maximum absolute atomic E-state index is 13.1. The van der Waals surface area contributed by atoms with Crippen LogP contribution in [0.3, 0.4) is 0 Å². The number of aromatic nitrogens is 2. The van der Waals surface area contributed by atoms with Crippen molar-refractivity contribution < 1.29 is 13.2 Å². The molecular formula is C24H30N6O3S. The summed E-state index contributed by atoms with van der Waals surface area (Å²) in [6.45, 7) is 6.77. The molecule has 9 nitrogen and oxygen atoms in total. The van der Waals surface area contributed by atoms with E-state index in [0.717, 1.165) is 29.0 Å². The van der Waals surface area contributed by atoms with Gasteiger partial charge in [0.05, 0.1) is 11.9 Å². The number of sulfonamides is 1. The Morgan fingerprint density at radius 3 is 2.53 bits per heavy atom. The molecule has 4 rings (SSSR count). The number of hydrogen-bond acceptors (Lipinski definition) is 6. The number of H-pyrrole nitrogens is 1. The normalized spacial score (nSPS) is 14.4. The summed E-state index contributed by atoms with van der Waals surface area (Å²) in [6, 6.07) is 14.9. The van der Waals surface area contributed by atoms with Gasteiger partial charge in [-0.25, -0.2) is 13.4 Å². The van der Waals surface area contributed by atoms with Gasteiger partial charge >= 0.3 is 0 Å². The van der Waals surface area contributed by atoms with E-state index in [4.69, 9.17) is 0 Å². The molecule has 0 bridgehead atoms. The van der Waals surface area contributed by atoms with Crippen LogP contribution in [0.4, 0.5) is 17.2 Å². The molecule has 0 unspecified atom stereocenters. The highest BCUT2D eigenvalue weighted by Crippen LogP contribution is 2.26. The topological polar surface area (TPSA) is 110 Å². The number of piperazine rings is 1. The predicted octanol–water partition coefficient (Wildman–Crippen LogP) is 3.23. The van der Waals surface area contributed by atoms with Crippen molar-refractivity contribution >= 4 is 33.1 Å². The molecule has 0 spiro atoms. The van der Waals surface area contributed by atoms with Crippen molar-refractivity contribution in [2.24, 2.45) is 0 Å². The van der Waals surface area contributed by atoms with Crippen LogP contribution < -0.4 is 14.9 Å². The molecule has 3 N–H and O–H groups in total. The average molecular weight is 483 g/mol. The monoisotopic (exact) mass is 482 g/mol. The molecule has 1 aliphatic heterocycles. The number of pyridine rings is 1. The maximum Gasteiger partial charge on any atom is 0.270 e. The van der Waals surface area contributed by atoms with Gasteiger partial charge in [0.15, 0.2) is 5.82 Å². The van der Waals surface area contributed by atoms with Crippen LogP contribution in [0.25, 0.3) is 11.3 Å². The second kappa shape index (κ2) is 9.76. The van der Waals surface area contributed by atoms with E-state index in [1.165, 1.54) is 0 Å². The number of anilines is 3. The summed E-state index contributed by atoms with van der Waals surface area (Å²) < 4.78 is 25.5. The Bertz CT molecular complexity index is 1260. The summed E-state index contributed by atoms with van der Waals surface area (Å²) in [5.41, 5.74) is 3.51. The summed E-state index contributed by atoms with van der Waals surface area (Å²) in [5, 5.41) is 3.44. The van der Waals surface area contributed by atoms with Gasteiger partial charge < -0.3 is 20.1 Å². The highest BCUT2D eigenvalue weighted by atomic mass is 32.2. The summed E-state index contributed by atoms with van der Waals surface area (Å²) in [5.74, 6) is 0.853. The SMILES string of the molecule is CC(C)Nc1cccnc1N1CCN(C(=O)c2ccc(-c3cccc(NS(C)(=O)=O)c3)[nH]2)CC1. The van der Waals surface area contributed by atoms with E-state index in [1.54, 1.807) is 30.5 Å². The minimum Gasteiger partial charge on any atom is -0.380 e. The number of benzene rings is 1. The van der Waals surface area contributed by atoms with Crippen molar-refractivity contribution in [3.8, 4) is 11.3 Å². The summed E-state index contributed by atoms with van der Waals surface area (Å²) in [7, 11) is -3.37. The first kappa shape index (κ1) is 23.6. The zero-order valence-electron chi connectivity index (χ0n) is 19.6. The minimum atomic E-state index is -3.37. The van der Waals surface area contributed by atoms with Gasteiger partial charge in [-0.3, -0.25) is 9.52 Å². The van der Waals surface area contributed by atoms with Gasteiger partial charge in [-0.2, -0.15) is 0 Å². The number of carbonyl (C=O) groups is 1. The highest BCUT2D eigenvalue weighted by Gasteiger charge is 2.25. The fourth-order valence-corrected chi connectivity index (χ4v) is 4.57. The third kappa shape index (κ3) is 5.69. The molecule has 1 aromatic carbocycles. The molecular weight excluding hydrogens is 452 g/mol. The Labute approximate surface area is 200 Å². The minimum absolute atomic E-state index is 0.0575. The molecule has 180 valence electrons. The van der Waals surface area contributed by atoms with E-state index < -0.39 is 10.0 Å². The van der Waals surface area contributed by atoms with E-state index >= 15 is 0 Å². The highest BCUT2D eigenvalue weighted by molar-refractivity contribution is 7.92. The second-order valence-corrected chi connectivity index (χ2v) is 10.4. The molecule has 34 heavy (non-hydrogen) atoms. The van der Waals surface area contributed by atoms with Gasteiger partial charge in [-0.15, -0.1) is 0 Å². The predicted molar refractivity (Wildman–Crippen MR) is 136 cm³/mol. The van der Waals surface area contributed by atoms with Crippen LogP contribution in [0.1, 0.15) is 24.3 Å². The lowest BCUT2D eigenvalue weighted by atomic mass is 10.1. The van der Waals surface area contributed by atoms with Crippen LogP contribution in [0.15, 0.2) is 54.7 Å². The lowest BCUT2D eigenvalue weighted by molar-refractivity contribution is 0.0741. The Balaban J connectivity index is 1.42. The fourth-order valence-electron chi connectivity index (χ4n) is 4.02. The molecule has 2 aromatic heterocycles. The first-order valence-corrected chi connectivity index (χ1v) is 13.1. The van der Waals surface area contributed by atoms with Crippen molar-refractivity contribution in [1.29, 1.82) is 0 Å². The molecule has 0 aliphatic carbocycles. The number of amides is 1. The lowest BCUT2D eigenvalue weighted by Crippen LogP contribution is -2.49. The van der Waals surface area contributed by atoms with Crippen molar-refractivity contribution in [3.05, 3.63) is 60.4 Å². The van der Waals surface area contributed by atoms with E-state index in [9.17, 15) is 13.2 Å². The van der Waals surface area contributed by atoms with Crippen LogP contribution in [0.2, 0.25) is 0 Å². The molecule has 1 fully saturated rings. The molecule has 1 saturated heterocycles. The molecule has 1 aliphatic rings. The number of rotatable bonds is 7. The third-order valence-electron chi connectivity index (χ3n) is 5.49. The van der Waals surface area contributed by atoms with Gasteiger partial charge in [0.25, 0.3) is 5.91 Å². The molecule has 0 radical (unpaired) electrons. The van der Waals surface area contributed by atoms with Crippen LogP contribution in [0, 0.1) is 0 Å². The summed E-state index contributed by atoms with van der Waals surface area (Å²) in [6.07, 6.45) is 2.90. The Morgan fingerprint density at radius 2 is 1.82 bits per heavy atom. The van der Waals surface area contributed by atoms with Gasteiger partial charge in [-0.05, 0) is 50.2 Å². The second-order valence-electron chi connectivity index (χ2n) is 8.69. The largest absolute Gasteiger partial charge is 0.380 e. The van der Waals surface area contributed by atoms with E-state index in [-0.39, 0.29) is 5.91 Å². The molecule has 0 saturated carbocycles. The van der Waals surface area contributed by atoms with Gasteiger partial charge in [0.1, 0.15) is 5.69 Å². The van der Waals surface area contributed by atoms with Gasteiger partial charge in [0.2, 0.25) is 10.0 Å². The van der Waals surface area contributed by atoms with Crippen LogP contribution in [0.5, 0.6) is 0 Å². The van der Waals surface area contributed by atoms with Crippen molar-refractivity contribution in [1.82, 2.24) is 14.9 Å². The molecule has 10 heteroatoms. The molecule has 1 amide bonds. The van der Waals surface area contributed by atoms with E-state index in [2.05, 4.69) is 38.8 Å². The van der Waals surface area contributed by atoms with E-state index in [1.807, 2.05) is 29.2 Å². The van der Waals surface area contributed by atoms with Crippen LogP contribution in [-0.4, -0.2) is 67.7 Å². The standard InChI is InChI=1S/C24H30N6O3S/c1-17(2)26-21-8-5-11-25-23(21)29-12-14-30(15-13-29)24(31)22-10-9-20(27-22)18-6-4-7-19(16-18)28-34(3,32)33/h4-11,16-17,26-28H,12-15H2,1-3H3. The molecule has 3 heterocycles. The zero-order valence-corrected chi connectivity index (χ0v) is 20.4. The van der Waals surface area contributed by atoms with Crippen LogP contribution >= 0.6 is 0 Å². The first-order chi connectivity index (χ1) is 16.2. The first-order valence-electron chi connectivity index (χ1n) is 11.2. The number of nitrogens with one attached hydrogen (secondary N) is 3. The average Bonchev–Trinajstić information content (AvgIpc) is 3.28. The molecule has 0 atom stereocenters. The molecule has 3 aromatic rings. The number of nitrogens with zero attached hydrogens (tertiary/aromatic N) is 3. The lowest BCUT2D eigenvalue weighted by Gasteiger charge is -2.36. The summed E-state index contributed by atoms with van der Waals surface area (Å²) in [4.78, 5) is 24.9. The Morgan fingerprint density at radius 1 is 1.06 bits per heavy atom. The number of carbonyl (C=O) groups excluding carboxylic acids is 1. The van der Waals surface area contributed by atoms with Crippen molar-refractivity contribution in [3.63, 3.8) is 0 Å². The smallest absolute Gasteiger partial charge is 0.270 e. The van der Waals surface area contributed by atoms with E-state index in [0.29, 0.717) is 43.6 Å². The fraction of sp³-hybridized carbons (Fsp3) is 0.333. The number of hydrogen-bond donors (Lipinski definition) is 3.